The number of allylic oxidation sites excluding steroid dienone is 1. The van der Waals surface area contributed by atoms with Crippen LogP contribution in [0.1, 0.15) is 22.6 Å². The van der Waals surface area contributed by atoms with Crippen molar-refractivity contribution in [2.24, 2.45) is 0 Å². The van der Waals surface area contributed by atoms with Gasteiger partial charge >= 0.3 is 0 Å². The van der Waals surface area contributed by atoms with Crippen LogP contribution in [0, 0.1) is 6.92 Å². The van der Waals surface area contributed by atoms with Crippen LogP contribution in [0.3, 0.4) is 0 Å². The first kappa shape index (κ1) is 19.8. The second-order valence-corrected chi connectivity index (χ2v) is 8.80. The van der Waals surface area contributed by atoms with Crippen LogP contribution >= 0.6 is 23.1 Å². The third kappa shape index (κ3) is 3.81. The van der Waals surface area contributed by atoms with Crippen molar-refractivity contribution in [1.82, 2.24) is 29.4 Å². The van der Waals surface area contributed by atoms with Crippen LogP contribution in [0.25, 0.3) is 4.96 Å². The minimum atomic E-state index is -0.370. The van der Waals surface area contributed by atoms with E-state index in [1.807, 2.05) is 28.8 Å². The summed E-state index contributed by atoms with van der Waals surface area (Å²) < 4.78 is 15.2. The molecule has 9 nitrogen and oxygen atoms in total. The maximum Gasteiger partial charge on any atom is 0.275 e. The first-order valence-electron chi connectivity index (χ1n) is 9.54. The van der Waals surface area contributed by atoms with Crippen LogP contribution in [0.2, 0.25) is 0 Å². The fraction of sp³-hybridized carbons (Fsp3) is 0.250. The van der Waals surface area contributed by atoms with Crippen molar-refractivity contribution in [3.8, 4) is 11.5 Å². The lowest BCUT2D eigenvalue weighted by atomic mass is 10.2. The normalized spacial score (nSPS) is 15.3. The molecule has 4 aromatic rings. The van der Waals surface area contributed by atoms with Crippen molar-refractivity contribution in [2.45, 2.75) is 30.5 Å². The molecular weight excluding hydrogens is 436 g/mol. The number of para-hydroxylation sites is 2. The summed E-state index contributed by atoms with van der Waals surface area (Å²) in [6.07, 6.45) is 1.42. The topological polar surface area (TPSA) is 96.4 Å². The number of rotatable bonds is 6. The van der Waals surface area contributed by atoms with E-state index in [0.717, 1.165) is 10.8 Å². The maximum absolute atomic E-state index is 12.1. The number of thioether (sulfide) groups is 1. The number of hydrogen-bond acceptors (Lipinski definition) is 9. The van der Waals surface area contributed by atoms with E-state index >= 15 is 0 Å². The Morgan fingerprint density at radius 3 is 3.00 bits per heavy atom. The SMILES string of the molecule is C=CCn1c(SCc2nn3c(=O)cc(C)nc3s2)nnc1[C@@H]1COc2ccccc2O1. The molecule has 0 bridgehead atoms. The molecule has 31 heavy (non-hydrogen) atoms. The molecule has 158 valence electrons. The average Bonchev–Trinajstić information content (AvgIpc) is 3.36. The smallest absolute Gasteiger partial charge is 0.275 e. The Hall–Kier alpha value is -3.18. The fourth-order valence-electron chi connectivity index (χ4n) is 3.24. The van der Waals surface area contributed by atoms with E-state index in [-0.39, 0.29) is 11.7 Å². The van der Waals surface area contributed by atoms with Gasteiger partial charge in [0.1, 0.15) is 11.6 Å². The van der Waals surface area contributed by atoms with Crippen LogP contribution < -0.4 is 15.0 Å². The summed E-state index contributed by atoms with van der Waals surface area (Å²) in [5.74, 6) is 2.61. The number of hydrogen-bond donors (Lipinski definition) is 0. The van der Waals surface area contributed by atoms with Gasteiger partial charge in [-0.25, -0.2) is 4.98 Å². The first-order chi connectivity index (χ1) is 15.1. The van der Waals surface area contributed by atoms with Gasteiger partial charge < -0.3 is 9.47 Å². The monoisotopic (exact) mass is 454 g/mol. The fourth-order valence-corrected chi connectivity index (χ4v) is 5.12. The van der Waals surface area contributed by atoms with Crippen molar-refractivity contribution < 1.29 is 9.47 Å². The average molecular weight is 455 g/mol. The number of aromatic nitrogens is 6. The highest BCUT2D eigenvalue weighted by atomic mass is 32.2. The molecule has 0 aliphatic carbocycles. The summed E-state index contributed by atoms with van der Waals surface area (Å²) in [4.78, 5) is 17.0. The minimum absolute atomic E-state index is 0.179. The highest BCUT2D eigenvalue weighted by Gasteiger charge is 2.28. The summed E-state index contributed by atoms with van der Waals surface area (Å²) in [6, 6.07) is 9.03. The summed E-state index contributed by atoms with van der Waals surface area (Å²) in [7, 11) is 0. The third-order valence-electron chi connectivity index (χ3n) is 4.59. The van der Waals surface area contributed by atoms with Crippen molar-refractivity contribution in [2.75, 3.05) is 6.61 Å². The van der Waals surface area contributed by atoms with Gasteiger partial charge in [0, 0.05) is 18.3 Å². The number of fused-ring (bicyclic) bond motifs is 2. The van der Waals surface area contributed by atoms with Crippen molar-refractivity contribution in [3.05, 3.63) is 69.9 Å². The van der Waals surface area contributed by atoms with E-state index in [9.17, 15) is 4.79 Å². The van der Waals surface area contributed by atoms with E-state index < -0.39 is 0 Å². The standard InChI is InChI=1S/C20H18N6O3S2/c1-3-8-25-18(15-10-28-13-6-4-5-7-14(13)29-15)22-23-20(25)30-11-16-24-26-17(27)9-12(2)21-19(26)31-16/h3-7,9,15H,1,8,10-11H2,2H3/t15-/m0/s1. The van der Waals surface area contributed by atoms with Crippen molar-refractivity contribution in [3.63, 3.8) is 0 Å². The number of ether oxygens (including phenoxy) is 2. The van der Waals surface area contributed by atoms with Gasteiger partial charge in [0.25, 0.3) is 5.56 Å². The highest BCUT2D eigenvalue weighted by molar-refractivity contribution is 7.98. The van der Waals surface area contributed by atoms with Crippen LogP contribution in [0.5, 0.6) is 11.5 Å². The maximum atomic E-state index is 12.1. The summed E-state index contributed by atoms with van der Waals surface area (Å²) >= 11 is 2.87. The Labute approximate surface area is 185 Å². The lowest BCUT2D eigenvalue weighted by molar-refractivity contribution is 0.0821. The molecule has 0 amide bonds. The molecular formula is C20H18N6O3S2. The van der Waals surface area contributed by atoms with E-state index in [1.165, 1.54) is 33.7 Å². The lowest BCUT2D eigenvalue weighted by Gasteiger charge is -2.26. The lowest BCUT2D eigenvalue weighted by Crippen LogP contribution is -2.25. The molecule has 11 heteroatoms. The molecule has 1 atom stereocenters. The Bertz CT molecular complexity index is 1330. The summed E-state index contributed by atoms with van der Waals surface area (Å²) in [5, 5.41) is 14.6. The molecule has 0 saturated heterocycles. The number of nitrogens with zero attached hydrogens (tertiary/aromatic N) is 6. The molecule has 0 spiro atoms. The molecule has 1 aliphatic heterocycles. The molecule has 4 heterocycles. The predicted molar refractivity (Wildman–Crippen MR) is 117 cm³/mol. The zero-order chi connectivity index (χ0) is 21.4. The van der Waals surface area contributed by atoms with E-state index in [0.29, 0.717) is 46.3 Å². The Morgan fingerprint density at radius 1 is 1.32 bits per heavy atom. The first-order valence-corrected chi connectivity index (χ1v) is 11.3. The molecule has 0 unspecified atom stereocenters. The van der Waals surface area contributed by atoms with Crippen LogP contribution in [-0.4, -0.2) is 36.0 Å². The quantitative estimate of drug-likeness (QED) is 0.324. The summed E-state index contributed by atoms with van der Waals surface area (Å²) in [5.41, 5.74) is 0.501. The van der Waals surface area contributed by atoms with Gasteiger partial charge in [0.05, 0.1) is 5.75 Å². The van der Waals surface area contributed by atoms with Gasteiger partial charge in [-0.05, 0) is 19.1 Å². The van der Waals surface area contributed by atoms with Crippen LogP contribution in [0.15, 0.2) is 52.9 Å². The van der Waals surface area contributed by atoms with Crippen molar-refractivity contribution in [1.29, 1.82) is 0 Å². The Balaban J connectivity index is 1.38. The largest absolute Gasteiger partial charge is 0.485 e. The Kier molecular flexibility index (Phi) is 5.20. The predicted octanol–water partition coefficient (Wildman–Crippen LogP) is 3.04. The number of benzene rings is 1. The van der Waals surface area contributed by atoms with Crippen molar-refractivity contribution >= 4 is 28.1 Å². The van der Waals surface area contributed by atoms with E-state index in [2.05, 4.69) is 26.9 Å². The molecule has 3 aromatic heterocycles. The van der Waals surface area contributed by atoms with Crippen LogP contribution in [-0.2, 0) is 12.3 Å². The van der Waals surface area contributed by atoms with Gasteiger partial charge in [-0.2, -0.15) is 9.61 Å². The molecule has 0 radical (unpaired) electrons. The number of aryl methyl sites for hydroxylation is 1. The molecule has 0 fully saturated rings. The van der Waals surface area contributed by atoms with Gasteiger partial charge in [0.2, 0.25) is 4.96 Å². The molecule has 1 aliphatic rings. The molecule has 5 rings (SSSR count). The van der Waals surface area contributed by atoms with Gasteiger partial charge in [-0.15, -0.1) is 16.8 Å². The van der Waals surface area contributed by atoms with E-state index in [1.54, 1.807) is 13.0 Å². The third-order valence-corrected chi connectivity index (χ3v) is 6.66. The minimum Gasteiger partial charge on any atom is -0.485 e. The molecule has 0 N–H and O–H groups in total. The van der Waals surface area contributed by atoms with Crippen LogP contribution in [0.4, 0.5) is 0 Å². The second kappa shape index (κ2) is 8.16. The highest BCUT2D eigenvalue weighted by Crippen LogP contribution is 2.36. The Morgan fingerprint density at radius 2 is 2.16 bits per heavy atom. The molecule has 0 saturated carbocycles. The summed E-state index contributed by atoms with van der Waals surface area (Å²) in [6.45, 7) is 6.53. The van der Waals surface area contributed by atoms with Gasteiger partial charge in [-0.1, -0.05) is 41.3 Å². The molecule has 1 aromatic carbocycles. The second-order valence-electron chi connectivity index (χ2n) is 6.82. The van der Waals surface area contributed by atoms with Gasteiger partial charge in [-0.3, -0.25) is 9.36 Å². The van der Waals surface area contributed by atoms with E-state index in [4.69, 9.17) is 9.47 Å². The zero-order valence-corrected chi connectivity index (χ0v) is 18.2. The van der Waals surface area contributed by atoms with Gasteiger partial charge in [0.15, 0.2) is 28.6 Å². The zero-order valence-electron chi connectivity index (χ0n) is 16.6.